The van der Waals surface area contributed by atoms with Gasteiger partial charge in [-0.25, -0.2) is 4.79 Å². The van der Waals surface area contributed by atoms with Crippen LogP contribution in [0.4, 0.5) is 11.4 Å². The van der Waals surface area contributed by atoms with Crippen molar-refractivity contribution in [2.24, 2.45) is 0 Å². The number of hydrogen-bond acceptors (Lipinski definition) is 8. The van der Waals surface area contributed by atoms with Crippen LogP contribution < -0.4 is 19.5 Å². The van der Waals surface area contributed by atoms with Gasteiger partial charge in [-0.2, -0.15) is 0 Å². The lowest BCUT2D eigenvalue weighted by molar-refractivity contribution is -0.383. The number of ether oxygens (including phenoxy) is 4. The van der Waals surface area contributed by atoms with E-state index in [2.05, 4.69) is 5.32 Å². The molecule has 0 fully saturated rings. The largest absolute Gasteiger partial charge is 0.490 e. The molecule has 0 radical (unpaired) electrons. The van der Waals surface area contributed by atoms with Crippen molar-refractivity contribution in [1.29, 1.82) is 0 Å². The van der Waals surface area contributed by atoms with Gasteiger partial charge < -0.3 is 24.3 Å². The van der Waals surface area contributed by atoms with E-state index in [1.807, 2.05) is 0 Å². The van der Waals surface area contributed by atoms with E-state index < -0.39 is 23.4 Å². The Morgan fingerprint density at radius 3 is 2.12 bits per heavy atom. The summed E-state index contributed by atoms with van der Waals surface area (Å²) < 4.78 is 21.7. The van der Waals surface area contributed by atoms with Crippen molar-refractivity contribution in [1.82, 2.24) is 0 Å². The van der Waals surface area contributed by atoms with E-state index in [9.17, 15) is 19.7 Å². The Bertz CT molecular complexity index is 969. The summed E-state index contributed by atoms with van der Waals surface area (Å²) in [5.41, 5.74) is -0.368. The molecule has 1 N–H and O–H groups in total. The molecule has 0 saturated carbocycles. The van der Waals surface area contributed by atoms with Crippen molar-refractivity contribution >= 4 is 34.9 Å². The highest BCUT2D eigenvalue weighted by atomic mass is 35.5. The van der Waals surface area contributed by atoms with Gasteiger partial charge in [-0.1, -0.05) is 11.6 Å². The predicted molar refractivity (Wildman–Crippen MR) is 117 cm³/mol. The maximum atomic E-state index is 12.5. The Kier molecular flexibility index (Phi) is 9.08. The van der Waals surface area contributed by atoms with Crippen LogP contribution in [0.2, 0.25) is 5.02 Å². The molecule has 32 heavy (non-hydrogen) atoms. The first-order valence-corrected chi connectivity index (χ1v) is 10.2. The number of nitrogens with one attached hydrogen (secondary N) is 1. The summed E-state index contributed by atoms with van der Waals surface area (Å²) in [5, 5.41) is 13.6. The Morgan fingerprint density at radius 2 is 1.59 bits per heavy atom. The fourth-order valence-corrected chi connectivity index (χ4v) is 2.85. The Labute approximate surface area is 189 Å². The number of nitro benzene ring substituents is 1. The number of hydrogen-bond donors (Lipinski definition) is 1. The third-order valence-electron chi connectivity index (χ3n) is 3.91. The van der Waals surface area contributed by atoms with Crippen molar-refractivity contribution in [3.8, 4) is 17.2 Å². The average Bonchev–Trinajstić information content (AvgIpc) is 2.74. The molecule has 0 bridgehead atoms. The first kappa shape index (κ1) is 24.7. The van der Waals surface area contributed by atoms with Gasteiger partial charge in [0.05, 0.1) is 30.3 Å². The predicted octanol–water partition coefficient (Wildman–Crippen LogP) is 4.24. The van der Waals surface area contributed by atoms with Crippen LogP contribution in [0.3, 0.4) is 0 Å². The summed E-state index contributed by atoms with van der Waals surface area (Å²) in [4.78, 5) is 35.2. The summed E-state index contributed by atoms with van der Waals surface area (Å²) in [6.45, 7) is 5.69. The van der Waals surface area contributed by atoms with Gasteiger partial charge in [0.2, 0.25) is 5.75 Å². The Morgan fingerprint density at radius 1 is 1.00 bits per heavy atom. The Hall–Kier alpha value is -3.53. The van der Waals surface area contributed by atoms with Crippen LogP contribution >= 0.6 is 11.6 Å². The number of anilines is 1. The third kappa shape index (κ3) is 6.48. The van der Waals surface area contributed by atoms with Gasteiger partial charge in [0.25, 0.3) is 11.6 Å². The summed E-state index contributed by atoms with van der Waals surface area (Å²) in [5.74, 6) is -0.633. The molecule has 2 aromatic rings. The topological polar surface area (TPSA) is 126 Å². The molecule has 11 heteroatoms. The molecule has 0 heterocycles. The molecule has 0 aromatic heterocycles. The van der Waals surface area contributed by atoms with E-state index in [1.165, 1.54) is 24.3 Å². The number of carbonyl (C=O) groups is 2. The lowest BCUT2D eigenvalue weighted by atomic mass is 10.2. The highest BCUT2D eigenvalue weighted by Crippen LogP contribution is 2.39. The van der Waals surface area contributed by atoms with Gasteiger partial charge >= 0.3 is 5.97 Å². The molecule has 0 saturated heterocycles. The smallest absolute Gasteiger partial charge is 0.338 e. The van der Waals surface area contributed by atoms with Crippen LogP contribution in [-0.2, 0) is 9.53 Å². The maximum Gasteiger partial charge on any atom is 0.338 e. The molecule has 172 valence electrons. The highest BCUT2D eigenvalue weighted by molar-refractivity contribution is 6.31. The monoisotopic (exact) mass is 466 g/mol. The first-order valence-electron chi connectivity index (χ1n) is 9.77. The van der Waals surface area contributed by atoms with Crippen molar-refractivity contribution in [2.75, 3.05) is 31.7 Å². The zero-order valence-electron chi connectivity index (χ0n) is 17.8. The van der Waals surface area contributed by atoms with Gasteiger partial charge in [-0.3, -0.25) is 14.9 Å². The van der Waals surface area contributed by atoms with E-state index in [0.717, 1.165) is 6.07 Å². The van der Waals surface area contributed by atoms with Crippen LogP contribution in [0, 0.1) is 10.1 Å². The third-order valence-corrected chi connectivity index (χ3v) is 4.14. The van der Waals surface area contributed by atoms with Crippen LogP contribution in [0.5, 0.6) is 17.2 Å². The number of benzene rings is 2. The molecule has 0 spiro atoms. The minimum Gasteiger partial charge on any atom is -0.490 e. The number of nitrogens with zero attached hydrogens (tertiary/aromatic N) is 1. The van der Waals surface area contributed by atoms with Gasteiger partial charge in [0.15, 0.2) is 18.1 Å². The van der Waals surface area contributed by atoms with Crippen molar-refractivity contribution in [2.45, 2.75) is 20.8 Å². The quantitative estimate of drug-likeness (QED) is 0.296. The number of nitro groups is 1. The number of amides is 1. The summed E-state index contributed by atoms with van der Waals surface area (Å²) in [6, 6.07) is 6.58. The fraction of sp³-hybridized carbons (Fsp3) is 0.333. The molecule has 1 amide bonds. The molecular formula is C21H23ClN2O8. The molecular weight excluding hydrogens is 444 g/mol. The van der Waals surface area contributed by atoms with E-state index in [0.29, 0.717) is 37.1 Å². The molecule has 0 aliphatic rings. The fourth-order valence-electron chi connectivity index (χ4n) is 2.67. The van der Waals surface area contributed by atoms with E-state index in [-0.39, 0.29) is 22.0 Å². The number of rotatable bonds is 11. The van der Waals surface area contributed by atoms with E-state index in [4.69, 9.17) is 30.5 Å². The molecule has 10 nitrogen and oxygen atoms in total. The Balaban J connectivity index is 2.16. The first-order chi connectivity index (χ1) is 15.3. The molecule has 0 unspecified atom stereocenters. The highest BCUT2D eigenvalue weighted by Gasteiger charge is 2.21. The summed E-state index contributed by atoms with van der Waals surface area (Å²) in [6.07, 6.45) is 0. The molecule has 2 rings (SSSR count). The molecule has 2 aromatic carbocycles. The van der Waals surface area contributed by atoms with Crippen LogP contribution in [0.1, 0.15) is 31.1 Å². The average molecular weight is 467 g/mol. The van der Waals surface area contributed by atoms with Crippen LogP contribution in [0.15, 0.2) is 30.3 Å². The summed E-state index contributed by atoms with van der Waals surface area (Å²) in [7, 11) is 0. The zero-order valence-corrected chi connectivity index (χ0v) is 18.6. The lowest BCUT2D eigenvalue weighted by Gasteiger charge is -2.16. The second-order valence-corrected chi connectivity index (χ2v) is 6.58. The second kappa shape index (κ2) is 11.8. The van der Waals surface area contributed by atoms with Gasteiger partial charge in [0.1, 0.15) is 5.69 Å². The zero-order chi connectivity index (χ0) is 23.7. The van der Waals surface area contributed by atoms with Crippen LogP contribution in [-0.4, -0.2) is 43.2 Å². The van der Waals surface area contributed by atoms with Gasteiger partial charge in [0, 0.05) is 11.1 Å². The maximum absolute atomic E-state index is 12.5. The summed E-state index contributed by atoms with van der Waals surface area (Å²) >= 11 is 5.84. The molecule has 0 aliphatic heterocycles. The van der Waals surface area contributed by atoms with E-state index in [1.54, 1.807) is 20.8 Å². The van der Waals surface area contributed by atoms with Gasteiger partial charge in [-0.15, -0.1) is 0 Å². The van der Waals surface area contributed by atoms with E-state index >= 15 is 0 Å². The second-order valence-electron chi connectivity index (χ2n) is 6.14. The van der Waals surface area contributed by atoms with Crippen LogP contribution in [0.25, 0.3) is 0 Å². The molecule has 0 atom stereocenters. The standard InChI is InChI=1S/C21H23ClN2O8/c1-4-29-17-9-13(10-18(30-5-2)20(17)31-6-3)21(26)32-12-19(25)23-15-11-14(22)7-8-16(15)24(27)28/h7-11H,4-6,12H2,1-3H3,(H,23,25). The van der Waals surface area contributed by atoms with Gasteiger partial charge in [-0.05, 0) is 45.0 Å². The van der Waals surface area contributed by atoms with Crippen molar-refractivity contribution in [3.05, 3.63) is 51.0 Å². The lowest BCUT2D eigenvalue weighted by Crippen LogP contribution is -2.21. The minimum atomic E-state index is -0.814. The number of carbonyl (C=O) groups excluding carboxylic acids is 2. The molecule has 0 aliphatic carbocycles. The number of halogens is 1. The SMILES string of the molecule is CCOc1cc(C(=O)OCC(=O)Nc2cc(Cl)ccc2[N+](=O)[O-])cc(OCC)c1OCC. The van der Waals surface area contributed by atoms with Crippen molar-refractivity contribution < 1.29 is 33.5 Å². The normalized spacial score (nSPS) is 10.2. The minimum absolute atomic E-state index is 0.0851. The van der Waals surface area contributed by atoms with Crippen molar-refractivity contribution in [3.63, 3.8) is 0 Å². The number of esters is 1.